The molecule has 0 spiro atoms. The first-order valence-corrected chi connectivity index (χ1v) is 7.13. The van der Waals surface area contributed by atoms with Crippen molar-refractivity contribution in [3.63, 3.8) is 0 Å². The van der Waals surface area contributed by atoms with Crippen LogP contribution < -0.4 is 5.32 Å². The predicted octanol–water partition coefficient (Wildman–Crippen LogP) is 1.91. The molecule has 0 unspecified atom stereocenters. The van der Waals surface area contributed by atoms with E-state index in [1.165, 1.54) is 12.8 Å². The summed E-state index contributed by atoms with van der Waals surface area (Å²) in [6.45, 7) is 5.11. The number of aromatic nitrogens is 4. The van der Waals surface area contributed by atoms with Crippen LogP contribution in [0.4, 0.5) is 0 Å². The van der Waals surface area contributed by atoms with Crippen LogP contribution in [0.5, 0.6) is 0 Å². The first-order chi connectivity index (χ1) is 9.36. The minimum Gasteiger partial charge on any atom is -0.329 e. The second kappa shape index (κ2) is 5.57. The summed E-state index contributed by atoms with van der Waals surface area (Å²) < 4.78 is 4.19. The highest BCUT2D eigenvalue weighted by Crippen LogP contribution is 2.20. The lowest BCUT2D eigenvalue weighted by molar-refractivity contribution is 0.597. The van der Waals surface area contributed by atoms with E-state index in [1.807, 2.05) is 23.4 Å². The molecule has 1 fully saturated rings. The Morgan fingerprint density at radius 2 is 2.21 bits per heavy atom. The Kier molecular flexibility index (Phi) is 3.64. The van der Waals surface area contributed by atoms with E-state index in [0.717, 1.165) is 43.4 Å². The summed E-state index contributed by atoms with van der Waals surface area (Å²) in [6.07, 6.45) is 11.6. The molecule has 0 aliphatic heterocycles. The third-order valence-corrected chi connectivity index (χ3v) is 3.46. The van der Waals surface area contributed by atoms with Crippen molar-refractivity contribution >= 4 is 0 Å². The Labute approximate surface area is 113 Å². The highest BCUT2D eigenvalue weighted by Gasteiger charge is 2.19. The van der Waals surface area contributed by atoms with Gasteiger partial charge in [-0.15, -0.1) is 0 Å². The molecular formula is C14H21N5. The minimum atomic E-state index is 0.763. The lowest BCUT2D eigenvalue weighted by Gasteiger charge is -2.07. The van der Waals surface area contributed by atoms with Crippen LogP contribution in [0.2, 0.25) is 0 Å². The maximum absolute atomic E-state index is 4.38. The van der Waals surface area contributed by atoms with E-state index in [4.69, 9.17) is 0 Å². The quantitative estimate of drug-likeness (QED) is 0.826. The molecule has 19 heavy (non-hydrogen) atoms. The Bertz CT molecular complexity index is 523. The van der Waals surface area contributed by atoms with E-state index < -0.39 is 0 Å². The largest absolute Gasteiger partial charge is 0.329 e. The van der Waals surface area contributed by atoms with Crippen LogP contribution in [-0.4, -0.2) is 31.9 Å². The maximum Gasteiger partial charge on any atom is 0.0951 e. The van der Waals surface area contributed by atoms with Gasteiger partial charge in [0.05, 0.1) is 24.4 Å². The van der Waals surface area contributed by atoms with Gasteiger partial charge in [0.1, 0.15) is 0 Å². The van der Waals surface area contributed by atoms with Crippen molar-refractivity contribution < 1.29 is 0 Å². The molecule has 0 radical (unpaired) electrons. The molecule has 2 heterocycles. The van der Waals surface area contributed by atoms with Crippen LogP contribution in [0.25, 0.3) is 11.3 Å². The van der Waals surface area contributed by atoms with E-state index in [0.29, 0.717) is 0 Å². The fraction of sp³-hybridized carbons (Fsp3) is 0.571. The fourth-order valence-electron chi connectivity index (χ4n) is 2.26. The second-order valence-corrected chi connectivity index (χ2v) is 5.19. The molecule has 1 aliphatic rings. The number of hydrogen-bond acceptors (Lipinski definition) is 3. The van der Waals surface area contributed by atoms with E-state index in [2.05, 4.69) is 33.1 Å². The Balaban J connectivity index is 1.66. The zero-order valence-corrected chi connectivity index (χ0v) is 11.4. The smallest absolute Gasteiger partial charge is 0.0951 e. The van der Waals surface area contributed by atoms with Gasteiger partial charge >= 0.3 is 0 Å². The van der Waals surface area contributed by atoms with Gasteiger partial charge < -0.3 is 9.88 Å². The number of rotatable bonds is 7. The molecule has 0 bridgehead atoms. The van der Waals surface area contributed by atoms with Gasteiger partial charge in [0.15, 0.2) is 0 Å². The van der Waals surface area contributed by atoms with Gasteiger partial charge in [0.25, 0.3) is 0 Å². The molecule has 2 aromatic rings. The lowest BCUT2D eigenvalue weighted by Crippen LogP contribution is -2.21. The van der Waals surface area contributed by atoms with Gasteiger partial charge in [-0.25, -0.2) is 4.98 Å². The Morgan fingerprint density at radius 3 is 3.00 bits per heavy atom. The van der Waals surface area contributed by atoms with Crippen molar-refractivity contribution in [1.29, 1.82) is 0 Å². The summed E-state index contributed by atoms with van der Waals surface area (Å²) in [4.78, 5) is 4.27. The molecule has 102 valence electrons. The number of nitrogens with zero attached hydrogens (tertiary/aromatic N) is 4. The summed E-state index contributed by atoms with van der Waals surface area (Å²) in [5.74, 6) is 0. The summed E-state index contributed by atoms with van der Waals surface area (Å²) >= 11 is 0. The number of aryl methyl sites for hydroxylation is 1. The maximum atomic E-state index is 4.38. The fourth-order valence-corrected chi connectivity index (χ4v) is 2.26. The minimum absolute atomic E-state index is 0.763. The van der Waals surface area contributed by atoms with Crippen molar-refractivity contribution in [2.24, 2.45) is 0 Å². The highest BCUT2D eigenvalue weighted by molar-refractivity contribution is 5.56. The molecule has 1 N–H and O–H groups in total. The van der Waals surface area contributed by atoms with Crippen LogP contribution in [0.3, 0.4) is 0 Å². The molecule has 0 amide bonds. The van der Waals surface area contributed by atoms with Crippen LogP contribution in [0.1, 0.15) is 26.2 Å². The van der Waals surface area contributed by atoms with Crippen LogP contribution >= 0.6 is 0 Å². The van der Waals surface area contributed by atoms with E-state index in [1.54, 1.807) is 0 Å². The van der Waals surface area contributed by atoms with Gasteiger partial charge in [0.2, 0.25) is 0 Å². The molecule has 0 atom stereocenters. The SMILES string of the molecule is CCCn1cc(-c2cncn2CCNC2CC2)cn1. The van der Waals surface area contributed by atoms with Gasteiger partial charge in [-0.05, 0) is 19.3 Å². The van der Waals surface area contributed by atoms with Crippen molar-refractivity contribution in [2.75, 3.05) is 6.54 Å². The Hall–Kier alpha value is -1.62. The molecular weight excluding hydrogens is 238 g/mol. The third kappa shape index (κ3) is 3.04. The number of nitrogens with one attached hydrogen (secondary N) is 1. The molecule has 0 saturated heterocycles. The van der Waals surface area contributed by atoms with Crippen molar-refractivity contribution in [3.05, 3.63) is 24.9 Å². The van der Waals surface area contributed by atoms with Crippen LogP contribution in [0, 0.1) is 0 Å². The van der Waals surface area contributed by atoms with Crippen LogP contribution in [-0.2, 0) is 13.1 Å². The first kappa shape index (κ1) is 12.4. The number of imidazole rings is 1. The monoisotopic (exact) mass is 259 g/mol. The van der Waals surface area contributed by atoms with E-state index in [9.17, 15) is 0 Å². The molecule has 5 nitrogen and oxygen atoms in total. The summed E-state index contributed by atoms with van der Waals surface area (Å²) in [6, 6.07) is 0.763. The normalized spacial score (nSPS) is 15.0. The van der Waals surface area contributed by atoms with Crippen molar-refractivity contribution in [2.45, 2.75) is 45.3 Å². The van der Waals surface area contributed by atoms with Gasteiger partial charge in [-0.3, -0.25) is 4.68 Å². The molecule has 0 aromatic carbocycles. The molecule has 1 aliphatic carbocycles. The van der Waals surface area contributed by atoms with E-state index >= 15 is 0 Å². The van der Waals surface area contributed by atoms with Gasteiger partial charge in [-0.2, -0.15) is 5.10 Å². The zero-order chi connectivity index (χ0) is 13.1. The van der Waals surface area contributed by atoms with E-state index in [-0.39, 0.29) is 0 Å². The Morgan fingerprint density at radius 1 is 1.32 bits per heavy atom. The average Bonchev–Trinajstić information content (AvgIpc) is 2.92. The molecule has 3 rings (SSSR count). The first-order valence-electron chi connectivity index (χ1n) is 7.13. The zero-order valence-electron chi connectivity index (χ0n) is 11.4. The van der Waals surface area contributed by atoms with Gasteiger partial charge in [0, 0.05) is 37.4 Å². The van der Waals surface area contributed by atoms with Gasteiger partial charge in [-0.1, -0.05) is 6.92 Å². The van der Waals surface area contributed by atoms with Crippen LogP contribution in [0.15, 0.2) is 24.9 Å². The molecule has 2 aromatic heterocycles. The standard InChI is InChI=1S/C14H21N5/c1-2-6-19-10-12(8-17-19)14-9-15-11-18(14)7-5-16-13-3-4-13/h8-11,13,16H,2-7H2,1H3. The van der Waals surface area contributed by atoms with Crippen molar-refractivity contribution in [1.82, 2.24) is 24.6 Å². The highest BCUT2D eigenvalue weighted by atomic mass is 15.3. The average molecular weight is 259 g/mol. The topological polar surface area (TPSA) is 47.7 Å². The lowest BCUT2D eigenvalue weighted by atomic mass is 10.3. The summed E-state index contributed by atoms with van der Waals surface area (Å²) in [5.41, 5.74) is 2.30. The third-order valence-electron chi connectivity index (χ3n) is 3.46. The van der Waals surface area contributed by atoms with Crippen molar-refractivity contribution in [3.8, 4) is 11.3 Å². The summed E-state index contributed by atoms with van der Waals surface area (Å²) in [7, 11) is 0. The summed E-state index contributed by atoms with van der Waals surface area (Å²) in [5, 5.41) is 7.91. The predicted molar refractivity (Wildman–Crippen MR) is 74.8 cm³/mol. The number of hydrogen-bond donors (Lipinski definition) is 1. The molecule has 1 saturated carbocycles. The second-order valence-electron chi connectivity index (χ2n) is 5.19. The molecule has 5 heteroatoms.